The average Bonchev–Trinajstić information content (AvgIpc) is 3.22. The number of hydrogen-bond donors (Lipinski definition) is 2. The Morgan fingerprint density at radius 1 is 0.969 bits per heavy atom. The van der Waals surface area contributed by atoms with E-state index in [1.54, 1.807) is 10.9 Å². The first-order valence-corrected chi connectivity index (χ1v) is 11.4. The molecule has 0 bridgehead atoms. The van der Waals surface area contributed by atoms with Crippen molar-refractivity contribution in [2.24, 2.45) is 0 Å². The summed E-state index contributed by atoms with van der Waals surface area (Å²) in [6.07, 6.45) is 1.87. The fraction of sp³-hybridized carbons (Fsp3) is 0.227. The van der Waals surface area contributed by atoms with E-state index < -0.39 is 8.38 Å². The smallest absolute Gasteiger partial charge is 0.280 e. The van der Waals surface area contributed by atoms with Gasteiger partial charge in [-0.3, -0.25) is 9.78 Å². The molecule has 0 amide bonds. The number of hydrogen-bond acceptors (Lipinski definition) is 7. The number of nitrogens with one attached hydrogen (secondary N) is 1. The largest absolute Gasteiger partial charge is 0.370 e. The summed E-state index contributed by atoms with van der Waals surface area (Å²) in [5, 5.41) is 0. The molecule has 0 saturated carbocycles. The molecule has 0 aliphatic rings. The quantitative estimate of drug-likeness (QED) is 0.264. The second kappa shape index (κ2) is 11.0. The van der Waals surface area contributed by atoms with Crippen LogP contribution in [0.1, 0.15) is 11.1 Å². The monoisotopic (exact) mass is 453 g/mol. The van der Waals surface area contributed by atoms with Crippen molar-refractivity contribution in [3.63, 3.8) is 0 Å². The minimum atomic E-state index is -1.26. The van der Waals surface area contributed by atoms with Crippen molar-refractivity contribution in [2.75, 3.05) is 18.7 Å². The normalized spacial score (nSPS) is 11.4. The van der Waals surface area contributed by atoms with Crippen molar-refractivity contribution < 1.29 is 13.8 Å². The Morgan fingerprint density at radius 3 is 2.22 bits per heavy atom. The number of fused-ring (bicyclic) bond motifs is 1. The summed E-state index contributed by atoms with van der Waals surface area (Å²) >= 11 is 0. The van der Waals surface area contributed by atoms with Gasteiger partial charge in [0.25, 0.3) is 5.56 Å². The van der Waals surface area contributed by atoms with E-state index in [4.69, 9.17) is 19.5 Å². The van der Waals surface area contributed by atoms with Crippen LogP contribution in [0.15, 0.2) is 71.8 Å². The number of nitrogens with two attached hydrogens (primary N) is 1. The second-order valence-corrected chi connectivity index (χ2v) is 8.39. The lowest BCUT2D eigenvalue weighted by molar-refractivity contribution is 0.138. The summed E-state index contributed by atoms with van der Waals surface area (Å²) in [4.78, 5) is 22.6. The molecule has 2 aromatic heterocycles. The summed E-state index contributed by atoms with van der Waals surface area (Å²) < 4.78 is 19.6. The SMILES string of the molecule is Nc1nc2c(ncn2CCOCP(OCc2ccccc2)OCc2ccccc2)c(=O)[nH]1. The van der Waals surface area contributed by atoms with Crippen LogP contribution in [0.25, 0.3) is 11.2 Å². The Balaban J connectivity index is 1.32. The van der Waals surface area contributed by atoms with Gasteiger partial charge in [-0.1, -0.05) is 60.7 Å². The molecule has 3 N–H and O–H groups in total. The number of imidazole rings is 1. The van der Waals surface area contributed by atoms with Crippen molar-refractivity contribution in [1.82, 2.24) is 19.5 Å². The van der Waals surface area contributed by atoms with E-state index in [1.165, 1.54) is 0 Å². The van der Waals surface area contributed by atoms with Crippen molar-refractivity contribution in [1.29, 1.82) is 0 Å². The number of benzene rings is 2. The van der Waals surface area contributed by atoms with E-state index in [0.717, 1.165) is 11.1 Å². The highest BCUT2D eigenvalue weighted by atomic mass is 31.2. The number of nitrogen functional groups attached to an aromatic ring is 1. The molecule has 0 unspecified atom stereocenters. The van der Waals surface area contributed by atoms with Gasteiger partial charge in [-0.2, -0.15) is 4.98 Å². The topological polar surface area (TPSA) is 117 Å². The molecular formula is C22H24N5O4P. The summed E-state index contributed by atoms with van der Waals surface area (Å²) in [6.45, 7) is 1.74. The Hall–Kier alpha value is -3.10. The van der Waals surface area contributed by atoms with E-state index in [0.29, 0.717) is 38.4 Å². The summed E-state index contributed by atoms with van der Waals surface area (Å²) in [7, 11) is -1.26. The molecule has 4 rings (SSSR count). The average molecular weight is 453 g/mol. The van der Waals surface area contributed by atoms with Gasteiger partial charge in [0.2, 0.25) is 5.95 Å². The molecule has 10 heteroatoms. The molecule has 0 atom stereocenters. The van der Waals surface area contributed by atoms with Crippen LogP contribution < -0.4 is 11.3 Å². The van der Waals surface area contributed by atoms with Gasteiger partial charge in [0.05, 0.1) is 26.1 Å². The third kappa shape index (κ3) is 5.99. The Morgan fingerprint density at radius 2 is 1.59 bits per heavy atom. The zero-order chi connectivity index (χ0) is 22.2. The Kier molecular flexibility index (Phi) is 7.58. The molecule has 0 aliphatic carbocycles. The number of anilines is 1. The minimum Gasteiger partial charge on any atom is -0.370 e. The van der Waals surface area contributed by atoms with Gasteiger partial charge in [0.15, 0.2) is 19.5 Å². The number of aromatic nitrogens is 4. The van der Waals surface area contributed by atoms with Crippen LogP contribution in [0.2, 0.25) is 0 Å². The number of nitrogens with zero attached hydrogens (tertiary/aromatic N) is 3. The molecule has 2 aromatic carbocycles. The van der Waals surface area contributed by atoms with E-state index in [9.17, 15) is 4.79 Å². The third-order valence-corrected chi connectivity index (χ3v) is 5.83. The molecule has 0 saturated heterocycles. The van der Waals surface area contributed by atoms with Crippen LogP contribution in [0.3, 0.4) is 0 Å². The van der Waals surface area contributed by atoms with E-state index in [2.05, 4.69) is 15.0 Å². The molecule has 9 nitrogen and oxygen atoms in total. The number of rotatable bonds is 11. The standard InChI is InChI=1S/C22H24N5O4P/c23-22-25-20-19(21(28)26-22)24-15-27(20)11-12-29-16-32(30-13-17-7-3-1-4-8-17)31-14-18-9-5-2-6-10-18/h1-10,15H,11-14,16H2,(H3,23,25,26,28). The second-order valence-electron chi connectivity index (χ2n) is 6.95. The van der Waals surface area contributed by atoms with Crippen LogP contribution in [0, 0.1) is 0 Å². The maximum atomic E-state index is 11.9. The van der Waals surface area contributed by atoms with E-state index in [-0.39, 0.29) is 17.0 Å². The summed E-state index contributed by atoms with van der Waals surface area (Å²) in [5.74, 6) is 0.0531. The highest BCUT2D eigenvalue weighted by Crippen LogP contribution is 2.40. The highest BCUT2D eigenvalue weighted by Gasteiger charge is 2.13. The fourth-order valence-electron chi connectivity index (χ4n) is 2.99. The van der Waals surface area contributed by atoms with Crippen LogP contribution in [-0.4, -0.2) is 32.5 Å². The predicted molar refractivity (Wildman–Crippen MR) is 123 cm³/mol. The first kappa shape index (κ1) is 22.1. The Labute approximate surface area is 186 Å². The van der Waals surface area contributed by atoms with Crippen molar-refractivity contribution in [2.45, 2.75) is 19.8 Å². The fourth-order valence-corrected chi connectivity index (χ4v) is 4.08. The van der Waals surface area contributed by atoms with E-state index in [1.807, 2.05) is 60.7 Å². The van der Waals surface area contributed by atoms with Crippen molar-refractivity contribution >= 4 is 25.5 Å². The zero-order valence-electron chi connectivity index (χ0n) is 17.4. The summed E-state index contributed by atoms with van der Waals surface area (Å²) in [5.41, 5.74) is 8.10. The first-order valence-electron chi connectivity index (χ1n) is 10.1. The van der Waals surface area contributed by atoms with Crippen molar-refractivity contribution in [3.05, 3.63) is 88.5 Å². The highest BCUT2D eigenvalue weighted by molar-refractivity contribution is 7.46. The molecular weight excluding hydrogens is 429 g/mol. The molecule has 2 heterocycles. The van der Waals surface area contributed by atoms with Gasteiger partial charge in [-0.25, -0.2) is 4.98 Å². The van der Waals surface area contributed by atoms with Gasteiger partial charge in [-0.05, 0) is 11.1 Å². The lowest BCUT2D eigenvalue weighted by Crippen LogP contribution is -2.13. The molecule has 4 aromatic rings. The van der Waals surface area contributed by atoms with Gasteiger partial charge >= 0.3 is 0 Å². The molecule has 0 aliphatic heterocycles. The van der Waals surface area contributed by atoms with Gasteiger partial charge in [-0.15, -0.1) is 0 Å². The third-order valence-electron chi connectivity index (χ3n) is 4.60. The lowest BCUT2D eigenvalue weighted by atomic mass is 10.2. The van der Waals surface area contributed by atoms with Gasteiger partial charge < -0.3 is 24.1 Å². The number of aromatic amines is 1. The number of H-pyrrole nitrogens is 1. The van der Waals surface area contributed by atoms with Crippen LogP contribution >= 0.6 is 8.38 Å². The Bertz CT molecular complexity index is 1140. The molecule has 32 heavy (non-hydrogen) atoms. The zero-order valence-corrected chi connectivity index (χ0v) is 18.3. The first-order chi connectivity index (χ1) is 15.7. The maximum Gasteiger partial charge on any atom is 0.280 e. The molecule has 0 radical (unpaired) electrons. The van der Waals surface area contributed by atoms with E-state index >= 15 is 0 Å². The number of ether oxygens (including phenoxy) is 1. The molecule has 166 valence electrons. The molecule has 0 fully saturated rings. The summed E-state index contributed by atoms with van der Waals surface area (Å²) in [6, 6.07) is 19.9. The maximum absolute atomic E-state index is 11.9. The lowest BCUT2D eigenvalue weighted by Gasteiger charge is -2.18. The molecule has 0 spiro atoms. The van der Waals surface area contributed by atoms with Crippen molar-refractivity contribution in [3.8, 4) is 0 Å². The predicted octanol–water partition coefficient (Wildman–Crippen LogP) is 3.42. The van der Waals surface area contributed by atoms with Gasteiger partial charge in [0, 0.05) is 6.54 Å². The van der Waals surface area contributed by atoms with Crippen LogP contribution in [0.5, 0.6) is 0 Å². The van der Waals surface area contributed by atoms with Crippen LogP contribution in [-0.2, 0) is 33.5 Å². The van der Waals surface area contributed by atoms with Gasteiger partial charge in [0.1, 0.15) is 6.35 Å². The minimum absolute atomic E-state index is 0.0531. The van der Waals surface area contributed by atoms with Crippen LogP contribution in [0.4, 0.5) is 5.95 Å².